The summed E-state index contributed by atoms with van der Waals surface area (Å²) in [5, 5.41) is 14.5. The van der Waals surface area contributed by atoms with Crippen LogP contribution in [0.4, 0.5) is 0 Å². The zero-order valence-electron chi connectivity index (χ0n) is 24.6. The van der Waals surface area contributed by atoms with Crippen LogP contribution < -0.4 is 20.1 Å². The van der Waals surface area contributed by atoms with Crippen LogP contribution in [0.5, 0.6) is 11.5 Å². The molecule has 2 aliphatic rings. The van der Waals surface area contributed by atoms with Crippen molar-refractivity contribution in [1.82, 2.24) is 30.5 Å². The van der Waals surface area contributed by atoms with Crippen LogP contribution in [0.2, 0.25) is 0 Å². The molecule has 3 aromatic rings. The Morgan fingerprint density at radius 1 is 1.09 bits per heavy atom. The topological polar surface area (TPSA) is 128 Å². The number of aryl methyl sites for hydroxylation is 2. The number of benzene rings is 2. The van der Waals surface area contributed by atoms with Gasteiger partial charge in [0.1, 0.15) is 23.2 Å². The van der Waals surface area contributed by atoms with Crippen molar-refractivity contribution in [2.45, 2.75) is 51.7 Å². The van der Waals surface area contributed by atoms with Crippen molar-refractivity contribution >= 4 is 29.5 Å². The second-order valence-corrected chi connectivity index (χ2v) is 11.7. The van der Waals surface area contributed by atoms with Gasteiger partial charge in [0.25, 0.3) is 11.8 Å². The van der Waals surface area contributed by atoms with Gasteiger partial charge in [-0.2, -0.15) is 11.8 Å². The summed E-state index contributed by atoms with van der Waals surface area (Å²) >= 11 is 1.62. The lowest BCUT2D eigenvalue weighted by molar-refractivity contribution is -0.123. The molecule has 0 saturated heterocycles. The second-order valence-electron chi connectivity index (χ2n) is 10.8. The molecule has 0 spiro atoms. The molecule has 12 heteroatoms. The number of hydrogen-bond donors (Lipinski definition) is 2. The molecular weight excluding hydrogens is 568 g/mol. The number of ether oxygens (including phenoxy) is 2. The molecule has 0 aliphatic carbocycles. The van der Waals surface area contributed by atoms with E-state index < -0.39 is 6.04 Å². The van der Waals surface area contributed by atoms with Gasteiger partial charge >= 0.3 is 0 Å². The van der Waals surface area contributed by atoms with Gasteiger partial charge in [0, 0.05) is 43.6 Å². The van der Waals surface area contributed by atoms with Gasteiger partial charge in [0.2, 0.25) is 5.91 Å². The summed E-state index contributed by atoms with van der Waals surface area (Å²) in [6.45, 7) is 4.53. The number of rotatable bonds is 4. The number of nitrogens with one attached hydrogen (secondary N) is 2. The van der Waals surface area contributed by atoms with Crippen LogP contribution in [0.3, 0.4) is 0 Å². The minimum atomic E-state index is -0.684. The lowest BCUT2D eigenvalue weighted by Gasteiger charge is -2.23. The predicted octanol–water partition coefficient (Wildman–Crippen LogP) is 3.00. The molecule has 228 valence electrons. The van der Waals surface area contributed by atoms with E-state index in [1.807, 2.05) is 43.6 Å². The molecule has 4 bridgehead atoms. The Labute approximate surface area is 255 Å². The van der Waals surface area contributed by atoms with E-state index in [9.17, 15) is 14.4 Å². The molecule has 3 heterocycles. The highest BCUT2D eigenvalue weighted by Crippen LogP contribution is 2.26. The summed E-state index contributed by atoms with van der Waals surface area (Å²) in [7, 11) is 0. The Morgan fingerprint density at radius 2 is 1.98 bits per heavy atom. The quantitative estimate of drug-likeness (QED) is 0.464. The van der Waals surface area contributed by atoms with E-state index in [0.29, 0.717) is 74.7 Å². The zero-order chi connectivity index (χ0) is 30.2. The third kappa shape index (κ3) is 7.86. The number of carbonyl (C=O) groups excluding carboxylic acids is 3. The highest BCUT2D eigenvalue weighted by molar-refractivity contribution is 7.98. The molecule has 0 saturated carbocycles. The summed E-state index contributed by atoms with van der Waals surface area (Å²) < 4.78 is 13.3. The minimum Gasteiger partial charge on any atom is -0.494 e. The molecule has 0 unspecified atom stereocenters. The van der Waals surface area contributed by atoms with Crippen LogP contribution in [0.1, 0.15) is 56.8 Å². The SMILES string of the molecule is CSCC[C@@H]1NC(=O)c2cc(ccc2C)OCCCn2cc(nn2)CN(C(=O)c2ccc3c(c2)CCO3)CCCNC1=O. The van der Waals surface area contributed by atoms with E-state index in [0.717, 1.165) is 29.1 Å². The molecule has 1 atom stereocenters. The van der Waals surface area contributed by atoms with Crippen molar-refractivity contribution in [3.8, 4) is 11.5 Å². The van der Waals surface area contributed by atoms with E-state index in [2.05, 4.69) is 20.9 Å². The molecule has 3 amide bonds. The normalized spacial score (nSPS) is 18.1. The zero-order valence-corrected chi connectivity index (χ0v) is 25.5. The van der Waals surface area contributed by atoms with Crippen LogP contribution in [0.25, 0.3) is 0 Å². The van der Waals surface area contributed by atoms with Crippen molar-refractivity contribution in [2.24, 2.45) is 0 Å². The van der Waals surface area contributed by atoms with Gasteiger partial charge in [0.05, 0.1) is 26.0 Å². The van der Waals surface area contributed by atoms with Crippen molar-refractivity contribution in [3.05, 3.63) is 70.5 Å². The van der Waals surface area contributed by atoms with E-state index in [4.69, 9.17) is 9.47 Å². The van der Waals surface area contributed by atoms with Crippen LogP contribution in [-0.2, 0) is 24.3 Å². The maximum Gasteiger partial charge on any atom is 0.254 e. The fraction of sp³-hybridized carbons (Fsp3) is 0.452. The first-order valence-corrected chi connectivity index (χ1v) is 16.1. The fourth-order valence-corrected chi connectivity index (χ4v) is 5.64. The molecule has 43 heavy (non-hydrogen) atoms. The first-order chi connectivity index (χ1) is 20.9. The van der Waals surface area contributed by atoms with Gasteiger partial charge in [-0.1, -0.05) is 11.3 Å². The van der Waals surface area contributed by atoms with Crippen LogP contribution in [0.15, 0.2) is 42.6 Å². The molecule has 2 N–H and O–H groups in total. The van der Waals surface area contributed by atoms with Crippen LogP contribution in [0, 0.1) is 6.92 Å². The number of aromatic nitrogens is 3. The summed E-state index contributed by atoms with van der Waals surface area (Å²) in [4.78, 5) is 41.9. The van der Waals surface area contributed by atoms with Gasteiger partial charge < -0.3 is 25.0 Å². The Hall–Kier alpha value is -4.06. The Kier molecular flexibility index (Phi) is 10.2. The number of fused-ring (bicyclic) bond motifs is 5. The molecule has 5 rings (SSSR count). The number of thioether (sulfide) groups is 1. The first-order valence-electron chi connectivity index (χ1n) is 14.7. The molecule has 0 fully saturated rings. The fourth-order valence-electron chi connectivity index (χ4n) is 5.17. The van der Waals surface area contributed by atoms with E-state index in [1.165, 1.54) is 0 Å². The standard InChI is InChI=1S/C31H38N6O5S/c1-21-5-7-25-18-26(21)29(38)33-27(10-16-43-2)30(39)32-11-3-12-36(19-24-20-37(35-34-24)13-4-14-41-25)31(40)23-6-8-28-22(17-23)9-15-42-28/h5-8,17-18,20,27H,3-4,9-16,19H2,1-2H3,(H,32,39)(H,33,38)/t27-/m0/s1. The Balaban J connectivity index is 1.35. The minimum absolute atomic E-state index is 0.118. The predicted molar refractivity (Wildman–Crippen MR) is 164 cm³/mol. The van der Waals surface area contributed by atoms with Gasteiger partial charge in [-0.05, 0) is 73.2 Å². The molecule has 11 nitrogen and oxygen atoms in total. The summed E-state index contributed by atoms with van der Waals surface area (Å²) in [6.07, 6.45) is 6.29. The largest absolute Gasteiger partial charge is 0.494 e. The van der Waals surface area contributed by atoms with Crippen molar-refractivity contribution in [1.29, 1.82) is 0 Å². The van der Waals surface area contributed by atoms with Crippen molar-refractivity contribution in [2.75, 3.05) is 38.3 Å². The molecule has 2 aliphatic heterocycles. The number of hydrogen-bond acceptors (Lipinski definition) is 8. The van der Waals surface area contributed by atoms with Gasteiger partial charge in [0.15, 0.2) is 0 Å². The molecular formula is C31H38N6O5S. The molecule has 2 aromatic carbocycles. The lowest BCUT2D eigenvalue weighted by atomic mass is 10.1. The van der Waals surface area contributed by atoms with Crippen molar-refractivity contribution in [3.63, 3.8) is 0 Å². The second kappa shape index (κ2) is 14.4. The average molecular weight is 607 g/mol. The Bertz CT molecular complexity index is 1460. The van der Waals surface area contributed by atoms with E-state index in [1.54, 1.807) is 33.5 Å². The van der Waals surface area contributed by atoms with Gasteiger partial charge in [-0.25, -0.2) is 0 Å². The highest BCUT2D eigenvalue weighted by atomic mass is 32.2. The van der Waals surface area contributed by atoms with Crippen LogP contribution in [-0.4, -0.2) is 82.0 Å². The Morgan fingerprint density at radius 3 is 2.84 bits per heavy atom. The van der Waals surface area contributed by atoms with E-state index in [-0.39, 0.29) is 24.3 Å². The monoisotopic (exact) mass is 606 g/mol. The highest BCUT2D eigenvalue weighted by Gasteiger charge is 2.24. The number of amides is 3. The summed E-state index contributed by atoms with van der Waals surface area (Å²) in [6, 6.07) is 10.3. The van der Waals surface area contributed by atoms with Gasteiger partial charge in [-0.15, -0.1) is 5.10 Å². The molecule has 1 aromatic heterocycles. The number of nitrogens with zero attached hydrogens (tertiary/aromatic N) is 4. The van der Waals surface area contributed by atoms with E-state index >= 15 is 0 Å². The van der Waals surface area contributed by atoms with Crippen molar-refractivity contribution < 1.29 is 23.9 Å². The maximum atomic E-state index is 13.7. The summed E-state index contributed by atoms with van der Waals surface area (Å²) in [5.41, 5.74) is 3.57. The smallest absolute Gasteiger partial charge is 0.254 e. The molecule has 0 radical (unpaired) electrons. The third-order valence-corrected chi connectivity index (χ3v) is 8.20. The third-order valence-electron chi connectivity index (χ3n) is 7.55. The summed E-state index contributed by atoms with van der Waals surface area (Å²) in [5.74, 6) is 1.44. The van der Waals surface area contributed by atoms with Gasteiger partial charge in [-0.3, -0.25) is 19.1 Å². The number of carbonyl (C=O) groups is 3. The average Bonchev–Trinajstić information content (AvgIpc) is 3.67. The lowest BCUT2D eigenvalue weighted by Crippen LogP contribution is -2.47. The first kappa shape index (κ1) is 30.4. The van der Waals surface area contributed by atoms with Crippen LogP contribution >= 0.6 is 11.8 Å². The maximum absolute atomic E-state index is 13.7.